The fourth-order valence-electron chi connectivity index (χ4n) is 3.26. The molecule has 1 aromatic carbocycles. The van der Waals surface area contributed by atoms with E-state index >= 15 is 0 Å². The molecule has 1 aliphatic rings. The van der Waals surface area contributed by atoms with Gasteiger partial charge in [0.15, 0.2) is 0 Å². The second kappa shape index (κ2) is 7.91. The van der Waals surface area contributed by atoms with Crippen molar-refractivity contribution >= 4 is 5.91 Å². The molecule has 1 heterocycles. The molecule has 2 rings (SSSR count). The molecule has 128 valence electrons. The molecule has 4 heteroatoms. The van der Waals surface area contributed by atoms with Gasteiger partial charge in [0.25, 0.3) is 0 Å². The maximum Gasteiger partial charge on any atom is 0.225 e. The average molecular weight is 321 g/mol. The first-order valence-electron chi connectivity index (χ1n) is 8.70. The third-order valence-electron chi connectivity index (χ3n) is 4.90. The van der Waals surface area contributed by atoms with Gasteiger partial charge in [-0.1, -0.05) is 44.9 Å². The molecule has 0 aliphatic carbocycles. The van der Waals surface area contributed by atoms with Crippen LogP contribution in [0.1, 0.15) is 51.5 Å². The highest BCUT2D eigenvalue weighted by Gasteiger charge is 2.35. The number of piperidine rings is 1. The number of carbonyl (C=O) groups excluding carboxylic acids is 1. The Kier molecular flexibility index (Phi) is 6.17. The third kappa shape index (κ3) is 4.77. The van der Waals surface area contributed by atoms with Gasteiger partial charge in [0.05, 0.1) is 5.60 Å². The fourth-order valence-corrected chi connectivity index (χ4v) is 3.26. The number of amides is 1. The zero-order valence-electron chi connectivity index (χ0n) is 14.2. The number of carbonyl (C=O) groups is 1. The first kappa shape index (κ1) is 17.9. The summed E-state index contributed by atoms with van der Waals surface area (Å²) in [6.07, 6.45) is 4.41. The van der Waals surface area contributed by atoms with Crippen molar-refractivity contribution in [2.75, 3.05) is 13.1 Å². The number of aliphatic hydroxyl groups is 1. The van der Waals surface area contributed by atoms with Crippen LogP contribution in [0.15, 0.2) is 24.3 Å². The molecule has 1 amide bonds. The lowest BCUT2D eigenvalue weighted by Crippen LogP contribution is -2.49. The lowest BCUT2D eigenvalue weighted by Gasteiger charge is -2.39. The van der Waals surface area contributed by atoms with Crippen molar-refractivity contribution in [1.29, 1.82) is 0 Å². The van der Waals surface area contributed by atoms with Crippen LogP contribution in [0.5, 0.6) is 0 Å². The maximum absolute atomic E-state index is 13.8. The number of halogens is 1. The largest absolute Gasteiger partial charge is 0.389 e. The van der Waals surface area contributed by atoms with Crippen LogP contribution in [0.25, 0.3) is 0 Å². The van der Waals surface area contributed by atoms with Gasteiger partial charge in [0.1, 0.15) is 5.82 Å². The van der Waals surface area contributed by atoms with Gasteiger partial charge in [0.2, 0.25) is 5.91 Å². The fraction of sp³-hybridized carbons (Fsp3) is 0.632. The highest BCUT2D eigenvalue weighted by atomic mass is 19.1. The molecule has 0 bridgehead atoms. The predicted molar refractivity (Wildman–Crippen MR) is 89.6 cm³/mol. The van der Waals surface area contributed by atoms with Crippen LogP contribution in [-0.4, -0.2) is 34.6 Å². The van der Waals surface area contributed by atoms with E-state index in [2.05, 4.69) is 6.92 Å². The van der Waals surface area contributed by atoms with Gasteiger partial charge in [-0.2, -0.15) is 0 Å². The van der Waals surface area contributed by atoms with E-state index in [-0.39, 0.29) is 17.6 Å². The minimum absolute atomic E-state index is 0.0488. The zero-order valence-corrected chi connectivity index (χ0v) is 14.2. The minimum atomic E-state index is -0.911. The summed E-state index contributed by atoms with van der Waals surface area (Å²) in [5.74, 6) is -0.0354. The highest BCUT2D eigenvalue weighted by molar-refractivity contribution is 5.78. The van der Waals surface area contributed by atoms with Gasteiger partial charge in [-0.3, -0.25) is 4.79 Å². The first-order chi connectivity index (χ1) is 10.9. The molecular formula is C19H28FNO2. The van der Waals surface area contributed by atoms with Gasteiger partial charge in [0, 0.05) is 25.4 Å². The summed E-state index contributed by atoms with van der Waals surface area (Å²) < 4.78 is 13.8. The molecule has 1 N–H and O–H groups in total. The van der Waals surface area contributed by atoms with Crippen LogP contribution in [0.2, 0.25) is 0 Å². The number of hydrogen-bond acceptors (Lipinski definition) is 2. The van der Waals surface area contributed by atoms with E-state index in [1.807, 2.05) is 11.8 Å². The van der Waals surface area contributed by atoms with E-state index in [1.165, 1.54) is 6.07 Å². The molecule has 0 unspecified atom stereocenters. The Balaban J connectivity index is 1.89. The average Bonchev–Trinajstić information content (AvgIpc) is 2.55. The Morgan fingerprint density at radius 2 is 2.00 bits per heavy atom. The molecule has 0 spiro atoms. The van der Waals surface area contributed by atoms with Crippen LogP contribution < -0.4 is 0 Å². The summed E-state index contributed by atoms with van der Waals surface area (Å²) in [6, 6.07) is 6.59. The van der Waals surface area contributed by atoms with Crippen molar-refractivity contribution in [3.05, 3.63) is 35.6 Å². The van der Waals surface area contributed by atoms with Crippen LogP contribution in [0.3, 0.4) is 0 Å². The molecule has 1 saturated heterocycles. The molecule has 1 fully saturated rings. The summed E-state index contributed by atoms with van der Waals surface area (Å²) in [7, 11) is 0. The summed E-state index contributed by atoms with van der Waals surface area (Å²) in [6.45, 7) is 5.22. The SMILES string of the molecule is CCCC[C@@H](C)C(=O)N1CCC(O)(Cc2ccccc2F)CC1. The topological polar surface area (TPSA) is 40.5 Å². The van der Waals surface area contributed by atoms with E-state index in [9.17, 15) is 14.3 Å². The Hall–Kier alpha value is -1.42. The van der Waals surface area contributed by atoms with Crippen LogP contribution in [-0.2, 0) is 11.2 Å². The summed E-state index contributed by atoms with van der Waals surface area (Å²) in [5.41, 5.74) is -0.364. The van der Waals surface area contributed by atoms with Crippen molar-refractivity contribution in [1.82, 2.24) is 4.90 Å². The van der Waals surface area contributed by atoms with Crippen molar-refractivity contribution in [3.8, 4) is 0 Å². The molecule has 0 aromatic heterocycles. The third-order valence-corrected chi connectivity index (χ3v) is 4.90. The standard InChI is InChI=1S/C19H28FNO2/c1-3-4-7-15(2)18(22)21-12-10-19(23,11-13-21)14-16-8-5-6-9-17(16)20/h5-6,8-9,15,23H,3-4,7,10-14H2,1-2H3/t15-/m1/s1. The van der Waals surface area contributed by atoms with Gasteiger partial charge in [-0.05, 0) is 30.9 Å². The highest BCUT2D eigenvalue weighted by Crippen LogP contribution is 2.28. The second-order valence-corrected chi connectivity index (χ2v) is 6.86. The van der Waals surface area contributed by atoms with E-state index in [0.29, 0.717) is 37.9 Å². The number of hydrogen-bond donors (Lipinski definition) is 1. The van der Waals surface area contributed by atoms with E-state index in [1.54, 1.807) is 18.2 Å². The van der Waals surface area contributed by atoms with Gasteiger partial charge in [-0.15, -0.1) is 0 Å². The van der Waals surface area contributed by atoms with Crippen molar-refractivity contribution in [3.63, 3.8) is 0 Å². The van der Waals surface area contributed by atoms with Gasteiger partial charge < -0.3 is 10.0 Å². The summed E-state index contributed by atoms with van der Waals surface area (Å²) in [4.78, 5) is 14.3. The van der Waals surface area contributed by atoms with Crippen molar-refractivity contribution < 1.29 is 14.3 Å². The summed E-state index contributed by atoms with van der Waals surface area (Å²) >= 11 is 0. The van der Waals surface area contributed by atoms with E-state index in [4.69, 9.17) is 0 Å². The van der Waals surface area contributed by atoms with Crippen molar-refractivity contribution in [2.24, 2.45) is 5.92 Å². The summed E-state index contributed by atoms with van der Waals surface area (Å²) in [5, 5.41) is 10.7. The molecular weight excluding hydrogens is 293 g/mol. The monoisotopic (exact) mass is 321 g/mol. The van der Waals surface area contributed by atoms with E-state index < -0.39 is 5.60 Å². The number of likely N-dealkylation sites (tertiary alicyclic amines) is 1. The lowest BCUT2D eigenvalue weighted by molar-refractivity contribution is -0.139. The lowest BCUT2D eigenvalue weighted by atomic mass is 9.84. The maximum atomic E-state index is 13.8. The predicted octanol–water partition coefficient (Wildman–Crippen LogP) is 3.55. The normalized spacial score (nSPS) is 18.7. The van der Waals surface area contributed by atoms with Gasteiger partial charge >= 0.3 is 0 Å². The number of benzene rings is 1. The molecule has 1 aliphatic heterocycles. The van der Waals surface area contributed by atoms with Crippen LogP contribution in [0.4, 0.5) is 4.39 Å². The molecule has 1 aromatic rings. The second-order valence-electron chi connectivity index (χ2n) is 6.86. The zero-order chi connectivity index (χ0) is 16.9. The van der Waals surface area contributed by atoms with Crippen molar-refractivity contribution in [2.45, 2.75) is 58.0 Å². The molecule has 0 saturated carbocycles. The Morgan fingerprint density at radius 1 is 1.35 bits per heavy atom. The Labute approximate surface area is 138 Å². The Morgan fingerprint density at radius 3 is 2.61 bits per heavy atom. The molecule has 1 atom stereocenters. The first-order valence-corrected chi connectivity index (χ1v) is 8.70. The molecule has 3 nitrogen and oxygen atoms in total. The molecule has 0 radical (unpaired) electrons. The minimum Gasteiger partial charge on any atom is -0.389 e. The van der Waals surface area contributed by atoms with Crippen LogP contribution in [0, 0.1) is 11.7 Å². The number of nitrogens with zero attached hydrogens (tertiary/aromatic N) is 1. The number of unbranched alkanes of at least 4 members (excludes halogenated alkanes) is 1. The molecule has 23 heavy (non-hydrogen) atoms. The van der Waals surface area contributed by atoms with Gasteiger partial charge in [-0.25, -0.2) is 4.39 Å². The quantitative estimate of drug-likeness (QED) is 0.870. The number of rotatable bonds is 6. The smallest absolute Gasteiger partial charge is 0.225 e. The van der Waals surface area contributed by atoms with Crippen LogP contribution >= 0.6 is 0 Å². The van der Waals surface area contributed by atoms with E-state index in [0.717, 1.165) is 19.3 Å². The Bertz CT molecular complexity index is 524.